The van der Waals surface area contributed by atoms with Crippen molar-refractivity contribution in [3.63, 3.8) is 0 Å². The van der Waals surface area contributed by atoms with Crippen molar-refractivity contribution >= 4 is 11.9 Å². The SMILES string of the molecule is CCOC(=O)CCN(C)C(C)C(=O)NC(C)(C)CC. The van der Waals surface area contributed by atoms with Gasteiger partial charge in [0.1, 0.15) is 0 Å². The van der Waals surface area contributed by atoms with Crippen molar-refractivity contribution in [3.8, 4) is 0 Å². The summed E-state index contributed by atoms with van der Waals surface area (Å²) in [6, 6.07) is -0.264. The monoisotopic (exact) mass is 272 g/mol. The minimum atomic E-state index is -0.264. The molecule has 0 spiro atoms. The average molecular weight is 272 g/mol. The zero-order valence-corrected chi connectivity index (χ0v) is 13.1. The first-order valence-corrected chi connectivity index (χ1v) is 6.91. The lowest BCUT2D eigenvalue weighted by Gasteiger charge is -2.30. The topological polar surface area (TPSA) is 58.6 Å². The molecule has 0 aromatic carbocycles. The van der Waals surface area contributed by atoms with E-state index in [1.807, 2.05) is 39.6 Å². The second-order valence-electron chi connectivity index (χ2n) is 5.44. The third-order valence-electron chi connectivity index (χ3n) is 3.36. The van der Waals surface area contributed by atoms with Gasteiger partial charge in [0.2, 0.25) is 5.91 Å². The summed E-state index contributed by atoms with van der Waals surface area (Å²) in [5.41, 5.74) is -0.201. The van der Waals surface area contributed by atoms with Crippen molar-refractivity contribution < 1.29 is 14.3 Å². The van der Waals surface area contributed by atoms with E-state index in [0.29, 0.717) is 19.6 Å². The highest BCUT2D eigenvalue weighted by molar-refractivity contribution is 5.82. The van der Waals surface area contributed by atoms with Gasteiger partial charge in [0.15, 0.2) is 0 Å². The molecule has 1 unspecified atom stereocenters. The molecule has 19 heavy (non-hydrogen) atoms. The van der Waals surface area contributed by atoms with Crippen LogP contribution in [-0.4, -0.2) is 48.6 Å². The Labute approximate surface area is 116 Å². The fourth-order valence-electron chi connectivity index (χ4n) is 1.42. The maximum Gasteiger partial charge on any atom is 0.307 e. The molecule has 0 saturated heterocycles. The van der Waals surface area contributed by atoms with Gasteiger partial charge in [-0.15, -0.1) is 0 Å². The summed E-state index contributed by atoms with van der Waals surface area (Å²) in [4.78, 5) is 25.2. The zero-order chi connectivity index (χ0) is 15.1. The number of carbonyl (C=O) groups excluding carboxylic acids is 2. The molecule has 0 heterocycles. The van der Waals surface area contributed by atoms with Crippen LogP contribution in [0, 0.1) is 0 Å². The lowest BCUT2D eigenvalue weighted by molar-refractivity contribution is -0.144. The van der Waals surface area contributed by atoms with Crippen LogP contribution in [-0.2, 0) is 14.3 Å². The number of amides is 1. The van der Waals surface area contributed by atoms with E-state index in [1.165, 1.54) is 0 Å². The average Bonchev–Trinajstić information content (AvgIpc) is 2.34. The van der Waals surface area contributed by atoms with E-state index < -0.39 is 0 Å². The zero-order valence-electron chi connectivity index (χ0n) is 13.1. The number of ether oxygens (including phenoxy) is 1. The van der Waals surface area contributed by atoms with E-state index in [4.69, 9.17) is 4.74 Å². The van der Waals surface area contributed by atoms with Crippen molar-refractivity contribution in [2.24, 2.45) is 0 Å². The number of likely N-dealkylation sites (N-methyl/N-ethyl adjacent to an activating group) is 1. The Hall–Kier alpha value is -1.10. The van der Waals surface area contributed by atoms with Crippen LogP contribution in [0.5, 0.6) is 0 Å². The minimum absolute atomic E-state index is 0.0155. The summed E-state index contributed by atoms with van der Waals surface area (Å²) < 4.78 is 4.86. The molecule has 0 aliphatic carbocycles. The van der Waals surface area contributed by atoms with Crippen LogP contribution in [0.2, 0.25) is 0 Å². The fourth-order valence-corrected chi connectivity index (χ4v) is 1.42. The van der Waals surface area contributed by atoms with Crippen LogP contribution in [0.1, 0.15) is 47.5 Å². The van der Waals surface area contributed by atoms with Gasteiger partial charge in [0, 0.05) is 12.1 Å². The molecule has 0 aromatic heterocycles. The van der Waals surface area contributed by atoms with Crippen molar-refractivity contribution in [1.29, 1.82) is 0 Å². The molecular weight excluding hydrogens is 244 g/mol. The molecule has 0 aliphatic heterocycles. The number of hydrogen-bond acceptors (Lipinski definition) is 4. The Balaban J connectivity index is 4.21. The van der Waals surface area contributed by atoms with Crippen molar-refractivity contribution in [2.45, 2.75) is 59.0 Å². The second-order valence-corrected chi connectivity index (χ2v) is 5.44. The first-order chi connectivity index (χ1) is 8.73. The molecular formula is C14H28N2O3. The van der Waals surface area contributed by atoms with Gasteiger partial charge < -0.3 is 10.1 Å². The highest BCUT2D eigenvalue weighted by Gasteiger charge is 2.24. The summed E-state index contributed by atoms with van der Waals surface area (Å²) in [6.07, 6.45) is 1.18. The Morgan fingerprint density at radius 1 is 1.32 bits per heavy atom. The van der Waals surface area contributed by atoms with Crippen molar-refractivity contribution in [3.05, 3.63) is 0 Å². The van der Waals surface area contributed by atoms with E-state index >= 15 is 0 Å². The number of rotatable bonds is 8. The van der Waals surface area contributed by atoms with Crippen LogP contribution in [0.25, 0.3) is 0 Å². The number of hydrogen-bond donors (Lipinski definition) is 1. The second kappa shape index (κ2) is 8.15. The molecule has 0 aromatic rings. The van der Waals surface area contributed by atoms with Gasteiger partial charge in [0.25, 0.3) is 0 Å². The van der Waals surface area contributed by atoms with E-state index in [0.717, 1.165) is 6.42 Å². The van der Waals surface area contributed by atoms with E-state index in [1.54, 1.807) is 6.92 Å². The standard InChI is InChI=1S/C14H28N2O3/c1-7-14(4,5)15-13(18)11(3)16(6)10-9-12(17)19-8-2/h11H,7-10H2,1-6H3,(H,15,18). The third kappa shape index (κ3) is 7.15. The van der Waals surface area contributed by atoms with Crippen molar-refractivity contribution in [1.82, 2.24) is 10.2 Å². The molecule has 5 heteroatoms. The molecule has 1 amide bonds. The van der Waals surface area contributed by atoms with Gasteiger partial charge in [0.05, 0.1) is 19.1 Å². The molecule has 112 valence electrons. The van der Waals surface area contributed by atoms with E-state index in [2.05, 4.69) is 5.32 Å². The van der Waals surface area contributed by atoms with Crippen LogP contribution < -0.4 is 5.32 Å². The molecule has 0 aliphatic rings. The molecule has 1 N–H and O–H groups in total. The fraction of sp³-hybridized carbons (Fsp3) is 0.857. The Bertz CT molecular complexity index is 303. The summed E-state index contributed by atoms with van der Waals surface area (Å²) in [6.45, 7) is 10.6. The summed E-state index contributed by atoms with van der Waals surface area (Å²) in [7, 11) is 1.84. The quantitative estimate of drug-likeness (QED) is 0.681. The van der Waals surface area contributed by atoms with E-state index in [-0.39, 0.29) is 23.5 Å². The molecule has 0 radical (unpaired) electrons. The molecule has 0 rings (SSSR count). The van der Waals surface area contributed by atoms with Gasteiger partial charge in [-0.25, -0.2) is 0 Å². The predicted molar refractivity (Wildman–Crippen MR) is 75.9 cm³/mol. The molecule has 0 fully saturated rings. The summed E-state index contributed by atoms with van der Waals surface area (Å²) in [5.74, 6) is -0.242. The Morgan fingerprint density at radius 2 is 1.89 bits per heavy atom. The van der Waals surface area contributed by atoms with E-state index in [9.17, 15) is 9.59 Å². The summed E-state index contributed by atoms with van der Waals surface area (Å²) in [5, 5.41) is 3.00. The van der Waals surface area contributed by atoms with Crippen molar-refractivity contribution in [2.75, 3.05) is 20.2 Å². The Morgan fingerprint density at radius 3 is 2.37 bits per heavy atom. The number of nitrogens with one attached hydrogen (secondary N) is 1. The number of nitrogens with zero attached hydrogens (tertiary/aromatic N) is 1. The first kappa shape index (κ1) is 17.9. The van der Waals surface area contributed by atoms with Crippen LogP contribution in [0.15, 0.2) is 0 Å². The van der Waals surface area contributed by atoms with Crippen LogP contribution in [0.3, 0.4) is 0 Å². The minimum Gasteiger partial charge on any atom is -0.466 e. The highest BCUT2D eigenvalue weighted by atomic mass is 16.5. The molecule has 0 saturated carbocycles. The molecule has 1 atom stereocenters. The summed E-state index contributed by atoms with van der Waals surface area (Å²) >= 11 is 0. The lowest BCUT2D eigenvalue weighted by Crippen LogP contribution is -2.51. The molecule has 5 nitrogen and oxygen atoms in total. The van der Waals surface area contributed by atoms with Gasteiger partial charge in [-0.3, -0.25) is 14.5 Å². The predicted octanol–water partition coefficient (Wildman–Crippen LogP) is 1.56. The normalized spacial score (nSPS) is 13.2. The maximum atomic E-state index is 12.1. The highest BCUT2D eigenvalue weighted by Crippen LogP contribution is 2.08. The Kier molecular flexibility index (Phi) is 7.68. The first-order valence-electron chi connectivity index (χ1n) is 6.91. The van der Waals surface area contributed by atoms with Crippen LogP contribution >= 0.6 is 0 Å². The van der Waals surface area contributed by atoms with Gasteiger partial charge >= 0.3 is 5.97 Å². The smallest absolute Gasteiger partial charge is 0.307 e. The molecule has 0 bridgehead atoms. The largest absolute Gasteiger partial charge is 0.466 e. The number of esters is 1. The van der Waals surface area contributed by atoms with Gasteiger partial charge in [-0.2, -0.15) is 0 Å². The van der Waals surface area contributed by atoms with Crippen LogP contribution in [0.4, 0.5) is 0 Å². The lowest BCUT2D eigenvalue weighted by atomic mass is 10.0. The number of carbonyl (C=O) groups is 2. The third-order valence-corrected chi connectivity index (χ3v) is 3.36. The van der Waals surface area contributed by atoms with Gasteiger partial charge in [-0.05, 0) is 41.2 Å². The maximum absolute atomic E-state index is 12.1. The van der Waals surface area contributed by atoms with Gasteiger partial charge in [-0.1, -0.05) is 6.92 Å².